The topological polar surface area (TPSA) is 368 Å². The largest absolute Gasteiger partial charge is 0.368 e. The second kappa shape index (κ2) is 30.0. The highest BCUT2D eigenvalue weighted by Gasteiger charge is 2.31. The van der Waals surface area contributed by atoms with Gasteiger partial charge in [0.2, 0.25) is 76.3 Å². The molecule has 4 aromatic rings. The molecule has 13 N–H and O–H groups in total. The van der Waals surface area contributed by atoms with Gasteiger partial charge in [0.15, 0.2) is 0 Å². The molecule has 5 rings (SSSR count). The van der Waals surface area contributed by atoms with Gasteiger partial charge in [-0.2, -0.15) is 15.0 Å². The van der Waals surface area contributed by atoms with Crippen molar-refractivity contribution in [1.29, 1.82) is 0 Å². The van der Waals surface area contributed by atoms with E-state index in [2.05, 4.69) is 73.4 Å². The molecule has 0 spiro atoms. The zero-order valence-corrected chi connectivity index (χ0v) is 43.4. The highest BCUT2D eigenvalue weighted by Crippen LogP contribution is 2.12. The molecule has 7 atom stereocenters. The standard InChI is InChI=1S/C51H64ClN15O10/c1-29(43(72)62-36(42(53)71)23-32-15-7-4-8-16-32)58-40(69)27-56-47(76)37(24-33-17-9-5-10-18-33)63-44(73)30(2)59-39(68)26-55-46(75)35-21-13-14-22-54-50-65-49(52)66-51(67-50)57-28-41(70)60-31(3)45(74)64-38(48(77)61-35)25-34-19-11-6-12-20-34/h4-12,15-20,29-31,35-38H,13-14,21-28H2,1-3H3,(H2,53,71)(H,55,75)(H,56,76)(H,58,69)(H,59,68)(H,60,70)(H,61,77)(H,62,72)(H,63,73)(H,64,74)(H2,54,57,65,66,67)/t29-,30-,31-,35-,36-,37-,38-/m0/s1. The van der Waals surface area contributed by atoms with Crippen molar-refractivity contribution < 1.29 is 47.9 Å². The fourth-order valence-electron chi connectivity index (χ4n) is 7.62. The van der Waals surface area contributed by atoms with E-state index in [9.17, 15) is 47.9 Å². The molecule has 77 heavy (non-hydrogen) atoms. The molecule has 2 heterocycles. The number of amides is 10. The smallest absolute Gasteiger partial charge is 0.243 e. The normalized spacial score (nSPS) is 17.8. The first kappa shape index (κ1) is 59.1. The predicted molar refractivity (Wildman–Crippen MR) is 282 cm³/mol. The molecule has 26 heteroatoms. The van der Waals surface area contributed by atoms with E-state index in [1.54, 1.807) is 91.0 Å². The maximum absolute atomic E-state index is 14.0. The third kappa shape index (κ3) is 20.5. The van der Waals surface area contributed by atoms with Crippen molar-refractivity contribution in [2.24, 2.45) is 5.73 Å². The van der Waals surface area contributed by atoms with E-state index in [1.165, 1.54) is 20.8 Å². The van der Waals surface area contributed by atoms with Gasteiger partial charge in [-0.05, 0) is 68.3 Å². The molecule has 0 unspecified atom stereocenters. The van der Waals surface area contributed by atoms with Crippen molar-refractivity contribution in [3.05, 3.63) is 113 Å². The van der Waals surface area contributed by atoms with Gasteiger partial charge in [0, 0.05) is 25.8 Å². The lowest BCUT2D eigenvalue weighted by atomic mass is 10.0. The first-order valence-electron chi connectivity index (χ1n) is 24.8. The number of nitrogens with two attached hydrogens (primary N) is 1. The Balaban J connectivity index is 1.19. The van der Waals surface area contributed by atoms with Crippen LogP contribution in [0.4, 0.5) is 11.9 Å². The first-order chi connectivity index (χ1) is 36.8. The van der Waals surface area contributed by atoms with Crippen LogP contribution < -0.4 is 64.2 Å². The van der Waals surface area contributed by atoms with Crippen molar-refractivity contribution in [2.75, 3.05) is 36.8 Å². The van der Waals surface area contributed by atoms with E-state index in [-0.39, 0.29) is 56.0 Å². The number of anilines is 2. The summed E-state index contributed by atoms with van der Waals surface area (Å²) < 4.78 is 0. The molecule has 0 saturated carbocycles. The zero-order chi connectivity index (χ0) is 55.9. The van der Waals surface area contributed by atoms with E-state index in [1.807, 2.05) is 0 Å². The summed E-state index contributed by atoms with van der Waals surface area (Å²) >= 11 is 6.09. The van der Waals surface area contributed by atoms with Crippen LogP contribution in [0.3, 0.4) is 0 Å². The summed E-state index contributed by atoms with van der Waals surface area (Å²) in [4.78, 5) is 145. The van der Waals surface area contributed by atoms with Gasteiger partial charge in [-0.3, -0.25) is 47.9 Å². The number of carbonyl (C=O) groups excluding carboxylic acids is 10. The number of nitrogens with zero attached hydrogens (tertiary/aromatic N) is 3. The van der Waals surface area contributed by atoms with Crippen molar-refractivity contribution in [1.82, 2.24) is 62.8 Å². The third-order valence-electron chi connectivity index (χ3n) is 11.8. The number of hydrogen-bond donors (Lipinski definition) is 12. The molecule has 1 aliphatic rings. The fourth-order valence-corrected chi connectivity index (χ4v) is 7.78. The number of rotatable bonds is 19. The second-order valence-electron chi connectivity index (χ2n) is 18.0. The number of nitrogens with one attached hydrogen (secondary N) is 11. The molecular formula is C51H64ClN15O10. The second-order valence-corrected chi connectivity index (χ2v) is 18.4. The molecule has 0 aliphatic carbocycles. The van der Waals surface area contributed by atoms with E-state index in [0.29, 0.717) is 24.0 Å². The molecule has 0 radical (unpaired) electrons. The number of benzene rings is 3. The van der Waals surface area contributed by atoms with Crippen LogP contribution in [0.25, 0.3) is 0 Å². The van der Waals surface area contributed by atoms with E-state index >= 15 is 0 Å². The highest BCUT2D eigenvalue weighted by atomic mass is 35.5. The van der Waals surface area contributed by atoms with Crippen molar-refractivity contribution in [3.63, 3.8) is 0 Å². The van der Waals surface area contributed by atoms with E-state index in [0.717, 1.165) is 5.56 Å². The maximum Gasteiger partial charge on any atom is 0.243 e. The zero-order valence-electron chi connectivity index (χ0n) is 42.7. The molecule has 10 amide bonds. The number of primary amides is 1. The number of halogens is 1. The van der Waals surface area contributed by atoms with Crippen LogP contribution >= 0.6 is 11.6 Å². The lowest BCUT2D eigenvalue weighted by molar-refractivity contribution is -0.134. The molecule has 2 bridgehead atoms. The lowest BCUT2D eigenvalue weighted by Crippen LogP contribution is -2.58. The minimum atomic E-state index is -1.26. The molecule has 1 aliphatic heterocycles. The van der Waals surface area contributed by atoms with Gasteiger partial charge in [0.1, 0.15) is 42.3 Å². The number of carbonyl (C=O) groups is 10. The van der Waals surface area contributed by atoms with E-state index < -0.39 is 114 Å². The van der Waals surface area contributed by atoms with Crippen LogP contribution in [0.2, 0.25) is 5.28 Å². The molecule has 3 aromatic carbocycles. The summed E-state index contributed by atoms with van der Waals surface area (Å²) in [5.74, 6) is -7.26. The summed E-state index contributed by atoms with van der Waals surface area (Å²) in [6.45, 7) is 2.89. The van der Waals surface area contributed by atoms with Crippen LogP contribution in [-0.2, 0) is 67.2 Å². The Hall–Kier alpha value is -8.74. The Kier molecular flexibility index (Phi) is 23.0. The summed E-state index contributed by atoms with van der Waals surface area (Å²) in [5, 5.41) is 28.6. The Morgan fingerprint density at radius 1 is 0.623 bits per heavy atom. The Morgan fingerprint density at radius 3 is 1.71 bits per heavy atom. The molecule has 410 valence electrons. The summed E-state index contributed by atoms with van der Waals surface area (Å²) in [7, 11) is 0. The Morgan fingerprint density at radius 2 is 1.14 bits per heavy atom. The van der Waals surface area contributed by atoms with Gasteiger partial charge in [-0.25, -0.2) is 0 Å². The quantitative estimate of drug-likeness (QED) is 0.0505. The van der Waals surface area contributed by atoms with Gasteiger partial charge >= 0.3 is 0 Å². The minimum Gasteiger partial charge on any atom is -0.368 e. The van der Waals surface area contributed by atoms with Crippen LogP contribution in [0.1, 0.15) is 56.7 Å². The van der Waals surface area contributed by atoms with Crippen LogP contribution in [0, 0.1) is 0 Å². The Labute approximate surface area is 449 Å². The molecule has 0 saturated heterocycles. The average Bonchev–Trinajstić information content (AvgIpc) is 3.40. The van der Waals surface area contributed by atoms with Crippen LogP contribution in [0.15, 0.2) is 91.0 Å². The van der Waals surface area contributed by atoms with Crippen molar-refractivity contribution in [2.45, 2.75) is 102 Å². The molecular weight excluding hydrogens is 1020 g/mol. The molecule has 25 nitrogen and oxygen atoms in total. The molecule has 0 fully saturated rings. The number of aromatic nitrogens is 3. The van der Waals surface area contributed by atoms with E-state index in [4.69, 9.17) is 17.3 Å². The summed E-state index contributed by atoms with van der Waals surface area (Å²) in [5.41, 5.74) is 7.61. The SMILES string of the molecule is C[C@H](NC(=O)CNC(=O)[C@H](Cc1ccccc1)NC(=O)[C@H](C)NC(=O)CNC(=O)[C@@H]1CCCCNc2nc(Cl)nc(n2)NCC(=O)N[C@@H](C)C(=O)N[C@@H](Cc2ccccc2)C(=O)N1)C(=O)N[C@@H](Cc1ccccc1)C(N)=O. The molecule has 1 aromatic heterocycles. The van der Waals surface area contributed by atoms with Gasteiger partial charge in [-0.15, -0.1) is 0 Å². The van der Waals surface area contributed by atoms with Crippen molar-refractivity contribution >= 4 is 82.6 Å². The van der Waals surface area contributed by atoms with Crippen molar-refractivity contribution in [3.8, 4) is 0 Å². The number of fused-ring (bicyclic) bond motifs is 2. The number of hydrogen-bond acceptors (Lipinski definition) is 15. The third-order valence-corrected chi connectivity index (χ3v) is 12.0. The van der Waals surface area contributed by atoms with Gasteiger partial charge in [-0.1, -0.05) is 91.0 Å². The summed E-state index contributed by atoms with van der Waals surface area (Å²) in [6.07, 6.45) is 0.952. The summed E-state index contributed by atoms with van der Waals surface area (Å²) in [6, 6.07) is 18.1. The van der Waals surface area contributed by atoms with Gasteiger partial charge < -0.3 is 64.2 Å². The minimum absolute atomic E-state index is 0.00450. The van der Waals surface area contributed by atoms with Crippen LogP contribution in [0.5, 0.6) is 0 Å². The van der Waals surface area contributed by atoms with Crippen LogP contribution in [-0.4, -0.2) is 142 Å². The Bertz CT molecular complexity index is 2710. The fraction of sp³-hybridized carbons (Fsp3) is 0.392. The monoisotopic (exact) mass is 1080 g/mol. The van der Waals surface area contributed by atoms with Gasteiger partial charge in [0.05, 0.1) is 19.6 Å². The predicted octanol–water partition coefficient (Wildman–Crippen LogP) is -1.57. The maximum atomic E-state index is 14.0. The highest BCUT2D eigenvalue weighted by molar-refractivity contribution is 6.28. The first-order valence-corrected chi connectivity index (χ1v) is 25.2. The lowest BCUT2D eigenvalue weighted by Gasteiger charge is -2.25. The average molecular weight is 1080 g/mol. The van der Waals surface area contributed by atoms with Gasteiger partial charge in [0.25, 0.3) is 0 Å².